The third-order valence-corrected chi connectivity index (χ3v) is 3.08. The molecule has 0 spiro atoms. The van der Waals surface area contributed by atoms with Gasteiger partial charge in [-0.25, -0.2) is 8.78 Å². The molecule has 0 aliphatic carbocycles. The van der Waals surface area contributed by atoms with Crippen molar-refractivity contribution >= 4 is 33.2 Å². The lowest BCUT2D eigenvalue weighted by molar-refractivity contribution is 0.102. The normalized spacial score (nSPS) is 10.3. The number of benzene rings is 2. The summed E-state index contributed by atoms with van der Waals surface area (Å²) in [6, 6.07) is 7.81. The molecule has 0 aliphatic rings. The lowest BCUT2D eigenvalue weighted by atomic mass is 10.2. The SMILES string of the molecule is Nc1ccc(NC(=O)c2ccc(F)c(F)c2)c(Br)c1. The van der Waals surface area contributed by atoms with Crippen molar-refractivity contribution < 1.29 is 13.6 Å². The number of anilines is 2. The van der Waals surface area contributed by atoms with Gasteiger partial charge >= 0.3 is 0 Å². The van der Waals surface area contributed by atoms with Crippen molar-refractivity contribution in [3.8, 4) is 0 Å². The minimum atomic E-state index is -1.07. The number of amides is 1. The number of carbonyl (C=O) groups is 1. The van der Waals surface area contributed by atoms with Crippen LogP contribution >= 0.6 is 15.9 Å². The van der Waals surface area contributed by atoms with Gasteiger partial charge < -0.3 is 11.1 Å². The van der Waals surface area contributed by atoms with Crippen LogP contribution in [0, 0.1) is 11.6 Å². The second-order valence-electron chi connectivity index (χ2n) is 3.82. The Labute approximate surface area is 116 Å². The molecular formula is C13H9BrF2N2O. The van der Waals surface area contributed by atoms with E-state index in [2.05, 4.69) is 21.2 Å². The summed E-state index contributed by atoms with van der Waals surface area (Å²) < 4.78 is 26.4. The molecule has 0 heterocycles. The molecule has 0 unspecified atom stereocenters. The van der Waals surface area contributed by atoms with E-state index in [4.69, 9.17) is 5.73 Å². The maximum Gasteiger partial charge on any atom is 0.255 e. The van der Waals surface area contributed by atoms with Gasteiger partial charge in [-0.15, -0.1) is 0 Å². The molecule has 0 fully saturated rings. The average Bonchev–Trinajstić information content (AvgIpc) is 2.36. The Morgan fingerprint density at radius 2 is 1.84 bits per heavy atom. The molecule has 98 valence electrons. The fourth-order valence-electron chi connectivity index (χ4n) is 1.46. The highest BCUT2D eigenvalue weighted by Crippen LogP contribution is 2.25. The van der Waals surface area contributed by atoms with Crippen LogP contribution in [0.1, 0.15) is 10.4 Å². The lowest BCUT2D eigenvalue weighted by Gasteiger charge is -2.08. The number of nitrogen functional groups attached to an aromatic ring is 1. The quantitative estimate of drug-likeness (QED) is 0.829. The Hall–Kier alpha value is -1.95. The van der Waals surface area contributed by atoms with Gasteiger partial charge in [0.15, 0.2) is 11.6 Å². The largest absolute Gasteiger partial charge is 0.399 e. The summed E-state index contributed by atoms with van der Waals surface area (Å²) >= 11 is 3.25. The van der Waals surface area contributed by atoms with Crippen molar-refractivity contribution in [1.29, 1.82) is 0 Å². The molecule has 3 N–H and O–H groups in total. The number of nitrogens with two attached hydrogens (primary N) is 1. The molecule has 0 aliphatic heterocycles. The van der Waals surface area contributed by atoms with Gasteiger partial charge in [-0.2, -0.15) is 0 Å². The number of rotatable bonds is 2. The predicted octanol–water partition coefficient (Wildman–Crippen LogP) is 3.56. The molecule has 0 saturated heterocycles. The molecule has 19 heavy (non-hydrogen) atoms. The Morgan fingerprint density at radius 1 is 1.11 bits per heavy atom. The maximum absolute atomic E-state index is 13.0. The Morgan fingerprint density at radius 3 is 2.47 bits per heavy atom. The number of halogens is 3. The highest BCUT2D eigenvalue weighted by Gasteiger charge is 2.11. The summed E-state index contributed by atoms with van der Waals surface area (Å²) in [5.41, 5.74) is 6.63. The van der Waals surface area contributed by atoms with E-state index < -0.39 is 17.5 Å². The van der Waals surface area contributed by atoms with E-state index in [1.807, 2.05) is 0 Å². The van der Waals surface area contributed by atoms with E-state index in [9.17, 15) is 13.6 Å². The minimum Gasteiger partial charge on any atom is -0.399 e. The first-order valence-corrected chi connectivity index (χ1v) is 6.08. The second-order valence-corrected chi connectivity index (χ2v) is 4.68. The summed E-state index contributed by atoms with van der Waals surface area (Å²) in [4.78, 5) is 11.9. The molecule has 0 atom stereocenters. The zero-order chi connectivity index (χ0) is 14.0. The summed E-state index contributed by atoms with van der Waals surface area (Å²) in [5, 5.41) is 2.57. The third kappa shape index (κ3) is 3.08. The summed E-state index contributed by atoms with van der Waals surface area (Å²) in [6.07, 6.45) is 0. The average molecular weight is 327 g/mol. The minimum absolute atomic E-state index is 0.0302. The van der Waals surface area contributed by atoms with Gasteiger partial charge in [-0.1, -0.05) is 0 Å². The summed E-state index contributed by atoms with van der Waals surface area (Å²) in [7, 11) is 0. The van der Waals surface area contributed by atoms with Crippen molar-refractivity contribution in [3.63, 3.8) is 0 Å². The molecule has 0 saturated carbocycles. The van der Waals surface area contributed by atoms with Crippen molar-refractivity contribution in [2.45, 2.75) is 0 Å². The molecule has 0 aromatic heterocycles. The molecule has 6 heteroatoms. The number of nitrogens with one attached hydrogen (secondary N) is 1. The van der Waals surface area contributed by atoms with E-state index in [1.54, 1.807) is 18.2 Å². The van der Waals surface area contributed by atoms with Gasteiger partial charge in [0.05, 0.1) is 5.69 Å². The van der Waals surface area contributed by atoms with Gasteiger partial charge in [0.1, 0.15) is 0 Å². The summed E-state index contributed by atoms with van der Waals surface area (Å²) in [5.74, 6) is -2.60. The fourth-order valence-corrected chi connectivity index (χ4v) is 1.96. The van der Waals surface area contributed by atoms with Crippen LogP contribution < -0.4 is 11.1 Å². The first-order chi connectivity index (χ1) is 8.97. The van der Waals surface area contributed by atoms with Crippen LogP contribution in [0.25, 0.3) is 0 Å². The highest BCUT2D eigenvalue weighted by molar-refractivity contribution is 9.10. The molecule has 2 aromatic rings. The number of hydrogen-bond donors (Lipinski definition) is 2. The molecule has 2 rings (SSSR count). The van der Waals surface area contributed by atoms with Crippen LogP contribution in [0.3, 0.4) is 0 Å². The predicted molar refractivity (Wildman–Crippen MR) is 72.9 cm³/mol. The van der Waals surface area contributed by atoms with E-state index in [1.165, 1.54) is 6.07 Å². The lowest BCUT2D eigenvalue weighted by Crippen LogP contribution is -2.12. The standard InChI is InChI=1S/C13H9BrF2N2O/c14-9-6-8(17)2-4-12(9)18-13(19)7-1-3-10(15)11(16)5-7/h1-6H,17H2,(H,18,19). The van der Waals surface area contributed by atoms with E-state index in [0.29, 0.717) is 15.8 Å². The molecule has 1 amide bonds. The molecule has 3 nitrogen and oxygen atoms in total. The van der Waals surface area contributed by atoms with Gasteiger partial charge in [0.2, 0.25) is 0 Å². The Bertz CT molecular complexity index is 647. The van der Waals surface area contributed by atoms with E-state index in [0.717, 1.165) is 12.1 Å². The molecule has 2 aromatic carbocycles. The topological polar surface area (TPSA) is 55.1 Å². The van der Waals surface area contributed by atoms with Gasteiger partial charge in [-0.05, 0) is 52.3 Å². The van der Waals surface area contributed by atoms with Crippen LogP contribution in [0.5, 0.6) is 0 Å². The first-order valence-electron chi connectivity index (χ1n) is 5.29. The number of hydrogen-bond acceptors (Lipinski definition) is 2. The van der Waals surface area contributed by atoms with Crippen LogP contribution in [0.4, 0.5) is 20.2 Å². The van der Waals surface area contributed by atoms with Gasteiger partial charge in [0, 0.05) is 15.7 Å². The zero-order valence-corrected chi connectivity index (χ0v) is 11.2. The van der Waals surface area contributed by atoms with Crippen LogP contribution in [0.15, 0.2) is 40.9 Å². The highest BCUT2D eigenvalue weighted by atomic mass is 79.9. The van der Waals surface area contributed by atoms with E-state index >= 15 is 0 Å². The van der Waals surface area contributed by atoms with Crippen molar-refractivity contribution in [1.82, 2.24) is 0 Å². The fraction of sp³-hybridized carbons (Fsp3) is 0. The Kier molecular flexibility index (Phi) is 3.80. The van der Waals surface area contributed by atoms with E-state index in [-0.39, 0.29) is 5.56 Å². The van der Waals surface area contributed by atoms with Crippen molar-refractivity contribution in [3.05, 3.63) is 58.1 Å². The van der Waals surface area contributed by atoms with Crippen LogP contribution in [-0.4, -0.2) is 5.91 Å². The molecular weight excluding hydrogens is 318 g/mol. The maximum atomic E-state index is 13.0. The second kappa shape index (κ2) is 5.36. The molecule has 0 bridgehead atoms. The van der Waals surface area contributed by atoms with Crippen molar-refractivity contribution in [2.75, 3.05) is 11.1 Å². The monoisotopic (exact) mass is 326 g/mol. The van der Waals surface area contributed by atoms with Gasteiger partial charge in [-0.3, -0.25) is 4.79 Å². The van der Waals surface area contributed by atoms with Crippen molar-refractivity contribution in [2.24, 2.45) is 0 Å². The third-order valence-electron chi connectivity index (χ3n) is 2.42. The number of carbonyl (C=O) groups excluding carboxylic acids is 1. The van der Waals surface area contributed by atoms with Crippen LogP contribution in [0.2, 0.25) is 0 Å². The smallest absolute Gasteiger partial charge is 0.255 e. The molecule has 0 radical (unpaired) electrons. The van der Waals surface area contributed by atoms with Gasteiger partial charge in [0.25, 0.3) is 5.91 Å². The zero-order valence-electron chi connectivity index (χ0n) is 9.58. The van der Waals surface area contributed by atoms with Crippen LogP contribution in [-0.2, 0) is 0 Å². The first kappa shape index (κ1) is 13.5. The Balaban J connectivity index is 2.23. The summed E-state index contributed by atoms with van der Waals surface area (Å²) in [6.45, 7) is 0.